The van der Waals surface area contributed by atoms with Gasteiger partial charge in [-0.15, -0.1) is 12.4 Å². The predicted octanol–water partition coefficient (Wildman–Crippen LogP) is 1.36. The largest absolute Gasteiger partial charge is 0.352 e. The molecule has 0 radical (unpaired) electrons. The van der Waals surface area contributed by atoms with Crippen molar-refractivity contribution in [3.05, 3.63) is 29.8 Å². The second kappa shape index (κ2) is 7.61. The normalized spacial score (nSPS) is 21.6. The molecule has 1 aromatic rings. The summed E-state index contributed by atoms with van der Waals surface area (Å²) in [5.41, 5.74) is 1.14. The predicted molar refractivity (Wildman–Crippen MR) is 99.1 cm³/mol. The maximum Gasteiger partial charge on any atom is 0.242 e. The van der Waals surface area contributed by atoms with Crippen molar-refractivity contribution in [2.75, 3.05) is 27.2 Å². The van der Waals surface area contributed by atoms with Gasteiger partial charge in [0.05, 0.1) is 4.90 Å². The summed E-state index contributed by atoms with van der Waals surface area (Å²) >= 11 is 0. The van der Waals surface area contributed by atoms with Crippen LogP contribution in [0.2, 0.25) is 0 Å². The minimum absolute atomic E-state index is 0. The number of amides is 1. The molecule has 25 heavy (non-hydrogen) atoms. The highest BCUT2D eigenvalue weighted by molar-refractivity contribution is 7.89. The lowest BCUT2D eigenvalue weighted by Crippen LogP contribution is -2.33. The van der Waals surface area contributed by atoms with E-state index in [1.807, 2.05) is 0 Å². The molecule has 1 atom stereocenters. The average Bonchev–Trinajstić information content (AvgIpc) is 3.26. The first-order valence-corrected chi connectivity index (χ1v) is 9.79. The van der Waals surface area contributed by atoms with E-state index in [0.29, 0.717) is 6.54 Å². The number of rotatable bonds is 5. The zero-order chi connectivity index (χ0) is 17.4. The highest BCUT2D eigenvalue weighted by atomic mass is 35.5. The Kier molecular flexibility index (Phi) is 6.14. The fraction of sp³-hybridized carbons (Fsp3) is 0.588. The van der Waals surface area contributed by atoms with E-state index in [4.69, 9.17) is 0 Å². The molecule has 1 aliphatic carbocycles. The van der Waals surface area contributed by atoms with Crippen molar-refractivity contribution in [3.63, 3.8) is 0 Å². The van der Waals surface area contributed by atoms with Crippen LogP contribution < -0.4 is 10.6 Å². The molecule has 1 heterocycles. The molecule has 1 spiro atoms. The number of piperidine rings is 1. The summed E-state index contributed by atoms with van der Waals surface area (Å²) in [5, 5.41) is 6.33. The molecule has 1 saturated heterocycles. The van der Waals surface area contributed by atoms with Gasteiger partial charge in [-0.05, 0) is 55.5 Å². The van der Waals surface area contributed by atoms with Crippen molar-refractivity contribution in [1.82, 2.24) is 14.9 Å². The van der Waals surface area contributed by atoms with Crippen LogP contribution in [0.5, 0.6) is 0 Å². The van der Waals surface area contributed by atoms with E-state index < -0.39 is 10.0 Å². The highest BCUT2D eigenvalue weighted by Gasteiger charge is 2.57. The topological polar surface area (TPSA) is 78.5 Å². The van der Waals surface area contributed by atoms with Crippen LogP contribution in [0.25, 0.3) is 0 Å². The first-order valence-electron chi connectivity index (χ1n) is 8.35. The molecule has 0 bridgehead atoms. The molecule has 6 nitrogen and oxygen atoms in total. The average molecular weight is 388 g/mol. The van der Waals surface area contributed by atoms with E-state index >= 15 is 0 Å². The highest BCUT2D eigenvalue weighted by Crippen LogP contribution is 2.58. The third-order valence-electron chi connectivity index (χ3n) is 5.27. The van der Waals surface area contributed by atoms with E-state index in [2.05, 4.69) is 10.6 Å². The van der Waals surface area contributed by atoms with Gasteiger partial charge in [-0.1, -0.05) is 12.1 Å². The molecular formula is C17H26ClN3O3S. The van der Waals surface area contributed by atoms with Crippen LogP contribution in [-0.2, 0) is 21.4 Å². The number of nitrogens with zero attached hydrogens (tertiary/aromatic N) is 1. The number of nitrogens with one attached hydrogen (secondary N) is 2. The van der Waals surface area contributed by atoms with Gasteiger partial charge in [-0.3, -0.25) is 4.79 Å². The van der Waals surface area contributed by atoms with Crippen LogP contribution in [-0.4, -0.2) is 45.8 Å². The van der Waals surface area contributed by atoms with Gasteiger partial charge in [-0.2, -0.15) is 0 Å². The van der Waals surface area contributed by atoms with Gasteiger partial charge in [0.15, 0.2) is 0 Å². The maximum absolute atomic E-state index is 12.3. The molecule has 8 heteroatoms. The standard InChI is InChI=1S/C17H25N3O3S.ClH/c1-20(2)24(22,23)14-5-3-13(4-6-14)12-19-16(21)15-11-17(15)7-9-18-10-8-17;/h3-6,15,18H,7-12H2,1-2H3,(H,19,21);1H. The fourth-order valence-electron chi connectivity index (χ4n) is 3.50. The molecule has 1 saturated carbocycles. The third-order valence-corrected chi connectivity index (χ3v) is 7.10. The molecule has 0 aromatic heterocycles. The van der Waals surface area contributed by atoms with Crippen LogP contribution in [0.3, 0.4) is 0 Å². The number of sulfonamides is 1. The van der Waals surface area contributed by atoms with Gasteiger partial charge in [0, 0.05) is 26.6 Å². The van der Waals surface area contributed by atoms with Crippen LogP contribution in [0, 0.1) is 11.3 Å². The van der Waals surface area contributed by atoms with Gasteiger partial charge in [0.2, 0.25) is 15.9 Å². The molecule has 2 N–H and O–H groups in total. The Morgan fingerprint density at radius 2 is 1.84 bits per heavy atom. The van der Waals surface area contributed by atoms with E-state index in [9.17, 15) is 13.2 Å². The number of hydrogen-bond donors (Lipinski definition) is 2. The first-order chi connectivity index (χ1) is 11.3. The lowest BCUT2D eigenvalue weighted by molar-refractivity contribution is -0.123. The molecular weight excluding hydrogens is 362 g/mol. The number of carbonyl (C=O) groups excluding carboxylic acids is 1. The van der Waals surface area contributed by atoms with E-state index in [0.717, 1.165) is 37.9 Å². The van der Waals surface area contributed by atoms with Crippen molar-refractivity contribution in [1.29, 1.82) is 0 Å². The molecule has 2 aliphatic rings. The van der Waals surface area contributed by atoms with Gasteiger partial charge in [0.1, 0.15) is 0 Å². The molecule has 1 aromatic carbocycles. The Bertz CT molecular complexity index is 713. The van der Waals surface area contributed by atoms with Crippen LogP contribution in [0.4, 0.5) is 0 Å². The van der Waals surface area contributed by atoms with E-state index in [1.165, 1.54) is 18.4 Å². The van der Waals surface area contributed by atoms with Crippen LogP contribution >= 0.6 is 12.4 Å². The molecule has 1 unspecified atom stereocenters. The molecule has 1 amide bonds. The molecule has 140 valence electrons. The summed E-state index contributed by atoms with van der Waals surface area (Å²) in [6.07, 6.45) is 3.17. The smallest absolute Gasteiger partial charge is 0.242 e. The Balaban J connectivity index is 0.00000225. The number of hydrogen-bond acceptors (Lipinski definition) is 4. The monoisotopic (exact) mass is 387 g/mol. The summed E-state index contributed by atoms with van der Waals surface area (Å²) in [4.78, 5) is 12.6. The van der Waals surface area contributed by atoms with Gasteiger partial charge < -0.3 is 10.6 Å². The second-order valence-electron chi connectivity index (χ2n) is 7.02. The van der Waals surface area contributed by atoms with Crippen LogP contribution in [0.1, 0.15) is 24.8 Å². The second-order valence-corrected chi connectivity index (χ2v) is 9.17. The minimum atomic E-state index is -3.41. The SMILES string of the molecule is CN(C)S(=O)(=O)c1ccc(CNC(=O)C2CC23CCNCC3)cc1.Cl. The Labute approximate surface area is 155 Å². The summed E-state index contributed by atoms with van der Waals surface area (Å²) in [5.74, 6) is 0.273. The van der Waals surface area contributed by atoms with Crippen molar-refractivity contribution in [3.8, 4) is 0 Å². The Morgan fingerprint density at radius 1 is 1.24 bits per heavy atom. The maximum atomic E-state index is 12.3. The van der Waals surface area contributed by atoms with Gasteiger partial charge in [-0.25, -0.2) is 12.7 Å². The first kappa shape index (κ1) is 20.2. The van der Waals surface area contributed by atoms with Crippen molar-refractivity contribution < 1.29 is 13.2 Å². The Hall–Kier alpha value is -1.15. The summed E-state index contributed by atoms with van der Waals surface area (Å²) < 4.78 is 25.2. The van der Waals surface area contributed by atoms with Crippen molar-refractivity contribution in [2.24, 2.45) is 11.3 Å². The minimum Gasteiger partial charge on any atom is -0.352 e. The Morgan fingerprint density at radius 3 is 2.40 bits per heavy atom. The quantitative estimate of drug-likeness (QED) is 0.799. The van der Waals surface area contributed by atoms with Crippen molar-refractivity contribution in [2.45, 2.75) is 30.7 Å². The third kappa shape index (κ3) is 4.16. The van der Waals surface area contributed by atoms with E-state index in [1.54, 1.807) is 24.3 Å². The van der Waals surface area contributed by atoms with Crippen molar-refractivity contribution >= 4 is 28.3 Å². The molecule has 3 rings (SSSR count). The number of carbonyl (C=O) groups is 1. The lowest BCUT2D eigenvalue weighted by Gasteiger charge is -2.23. The number of benzene rings is 1. The van der Waals surface area contributed by atoms with Gasteiger partial charge in [0.25, 0.3) is 0 Å². The van der Waals surface area contributed by atoms with E-state index in [-0.39, 0.29) is 34.5 Å². The summed E-state index contributed by atoms with van der Waals surface area (Å²) in [7, 11) is -0.388. The molecule has 1 aliphatic heterocycles. The zero-order valence-corrected chi connectivity index (χ0v) is 16.3. The zero-order valence-electron chi connectivity index (χ0n) is 14.6. The summed E-state index contributed by atoms with van der Waals surface area (Å²) in [6.45, 7) is 2.45. The lowest BCUT2D eigenvalue weighted by atomic mass is 9.92. The number of halogens is 1. The van der Waals surface area contributed by atoms with Gasteiger partial charge >= 0.3 is 0 Å². The summed E-state index contributed by atoms with van der Waals surface area (Å²) in [6, 6.07) is 6.68. The fourth-order valence-corrected chi connectivity index (χ4v) is 4.40. The van der Waals surface area contributed by atoms with Crippen LogP contribution in [0.15, 0.2) is 29.2 Å². The molecule has 2 fully saturated rings.